The molecular weight excluding hydrogens is 399 g/mol. The molecule has 0 atom stereocenters. The van der Waals surface area contributed by atoms with E-state index in [9.17, 15) is 4.79 Å². The number of nitrogens with one attached hydrogen (secondary N) is 1. The molecule has 0 aromatic carbocycles. The molecule has 0 saturated carbocycles. The number of hydrogen-bond donors (Lipinski definition) is 1. The summed E-state index contributed by atoms with van der Waals surface area (Å²) < 4.78 is 1.93. The maximum Gasteiger partial charge on any atom is 0.251 e. The smallest absolute Gasteiger partial charge is 0.251 e. The number of aryl methyl sites for hydroxylation is 1. The average Bonchev–Trinajstić information content (AvgIpc) is 2.53. The first-order chi connectivity index (χ1) is 10.7. The van der Waals surface area contributed by atoms with Crippen LogP contribution in [0, 0.1) is 0 Å². The Morgan fingerprint density at radius 3 is 1.91 bits per heavy atom. The Kier molecular flexibility index (Phi) is 14.5. The third kappa shape index (κ3) is 11.5. The Labute approximate surface area is 159 Å². The number of carbonyl (C=O) groups excluding carboxylic acids is 1. The van der Waals surface area contributed by atoms with E-state index in [-0.39, 0.29) is 29.9 Å². The maximum atomic E-state index is 11.9. The third-order valence-electron chi connectivity index (χ3n) is 4.06. The summed E-state index contributed by atoms with van der Waals surface area (Å²) in [6.45, 7) is 3.05. The molecule has 4 heteroatoms. The van der Waals surface area contributed by atoms with Crippen LogP contribution in [-0.4, -0.2) is 12.5 Å². The molecule has 3 nitrogen and oxygen atoms in total. The topological polar surface area (TPSA) is 33.0 Å². The molecule has 0 unspecified atom stereocenters. The number of carbonyl (C=O) groups is 1. The largest absolute Gasteiger partial charge is 0.352 e. The van der Waals surface area contributed by atoms with E-state index in [1.165, 1.54) is 57.8 Å². The van der Waals surface area contributed by atoms with Crippen LogP contribution in [0.5, 0.6) is 0 Å². The van der Waals surface area contributed by atoms with Crippen LogP contribution in [0.2, 0.25) is 0 Å². The van der Waals surface area contributed by atoms with Gasteiger partial charge in [0.25, 0.3) is 5.91 Å². The highest BCUT2D eigenvalue weighted by atomic mass is 127. The van der Waals surface area contributed by atoms with Gasteiger partial charge in [-0.2, -0.15) is 0 Å². The first kappa shape index (κ1) is 22.4. The van der Waals surface area contributed by atoms with Crippen molar-refractivity contribution >= 4 is 29.9 Å². The van der Waals surface area contributed by atoms with Crippen LogP contribution in [0.1, 0.15) is 81.5 Å². The fraction of sp³-hybridized carbons (Fsp3) is 0.684. The monoisotopic (exact) mass is 433 g/mol. The summed E-state index contributed by atoms with van der Waals surface area (Å²) in [5, 5.41) is 3.00. The van der Waals surface area contributed by atoms with E-state index in [4.69, 9.17) is 0 Å². The summed E-state index contributed by atoms with van der Waals surface area (Å²) >= 11 is 0. The van der Waals surface area contributed by atoms with Gasteiger partial charge in [0, 0.05) is 18.7 Å². The molecule has 0 aliphatic heterocycles. The molecular formula is C19H34IN2O+. The first-order valence-electron chi connectivity index (χ1n) is 8.97. The number of amides is 1. The number of rotatable bonds is 12. The molecule has 0 aliphatic carbocycles. The van der Waals surface area contributed by atoms with Gasteiger partial charge in [0.1, 0.15) is 7.05 Å². The van der Waals surface area contributed by atoms with E-state index in [1.807, 2.05) is 36.1 Å². The summed E-state index contributed by atoms with van der Waals surface area (Å²) in [5.74, 6) is 0.0384. The highest BCUT2D eigenvalue weighted by Gasteiger charge is 2.05. The van der Waals surface area contributed by atoms with Gasteiger partial charge in [-0.1, -0.05) is 64.7 Å². The van der Waals surface area contributed by atoms with Crippen LogP contribution in [-0.2, 0) is 7.05 Å². The number of nitrogens with zero attached hydrogens (tertiary/aromatic N) is 1. The van der Waals surface area contributed by atoms with Gasteiger partial charge in [0.2, 0.25) is 0 Å². The van der Waals surface area contributed by atoms with E-state index in [2.05, 4.69) is 12.2 Å². The molecule has 0 saturated heterocycles. The molecule has 23 heavy (non-hydrogen) atoms. The van der Waals surface area contributed by atoms with Crippen molar-refractivity contribution in [1.82, 2.24) is 5.32 Å². The molecule has 1 heterocycles. The summed E-state index contributed by atoms with van der Waals surface area (Å²) in [6.07, 6.45) is 17.0. The van der Waals surface area contributed by atoms with Crippen LogP contribution < -0.4 is 9.88 Å². The molecule has 1 aromatic heterocycles. The van der Waals surface area contributed by atoms with Crippen LogP contribution in [0.4, 0.5) is 0 Å². The Morgan fingerprint density at radius 1 is 0.913 bits per heavy atom. The SMILES string of the molecule is CCCCCCCCCCCCNC(=O)c1cc[n+](C)cc1.I. The molecule has 1 N–H and O–H groups in total. The van der Waals surface area contributed by atoms with Crippen molar-refractivity contribution in [3.63, 3.8) is 0 Å². The predicted molar refractivity (Wildman–Crippen MR) is 107 cm³/mol. The number of halogens is 1. The minimum Gasteiger partial charge on any atom is -0.352 e. The number of unbranched alkanes of at least 4 members (excludes halogenated alkanes) is 9. The average molecular weight is 433 g/mol. The van der Waals surface area contributed by atoms with Crippen molar-refractivity contribution in [3.8, 4) is 0 Å². The first-order valence-corrected chi connectivity index (χ1v) is 8.97. The lowest BCUT2D eigenvalue weighted by molar-refractivity contribution is -0.671. The summed E-state index contributed by atoms with van der Waals surface area (Å²) in [7, 11) is 1.95. The second-order valence-electron chi connectivity index (χ2n) is 6.19. The van der Waals surface area contributed by atoms with Crippen LogP contribution in [0.25, 0.3) is 0 Å². The van der Waals surface area contributed by atoms with E-state index >= 15 is 0 Å². The van der Waals surface area contributed by atoms with Gasteiger partial charge in [-0.05, 0) is 6.42 Å². The molecule has 1 amide bonds. The fourth-order valence-corrected chi connectivity index (χ4v) is 2.57. The van der Waals surface area contributed by atoms with Gasteiger partial charge in [0.05, 0.1) is 5.56 Å². The predicted octanol–water partition coefficient (Wildman–Crippen LogP) is 4.78. The zero-order valence-electron chi connectivity index (χ0n) is 14.9. The van der Waals surface area contributed by atoms with Crippen molar-refractivity contribution < 1.29 is 9.36 Å². The maximum absolute atomic E-state index is 11.9. The van der Waals surface area contributed by atoms with Crippen LogP contribution >= 0.6 is 24.0 Å². The molecule has 0 aliphatic rings. The number of aromatic nitrogens is 1. The van der Waals surface area contributed by atoms with Gasteiger partial charge in [-0.25, -0.2) is 4.57 Å². The van der Waals surface area contributed by atoms with Gasteiger partial charge < -0.3 is 5.32 Å². The lowest BCUT2D eigenvalue weighted by Gasteiger charge is -2.05. The lowest BCUT2D eigenvalue weighted by Crippen LogP contribution is -2.29. The molecule has 1 aromatic rings. The summed E-state index contributed by atoms with van der Waals surface area (Å²) in [4.78, 5) is 11.9. The van der Waals surface area contributed by atoms with Crippen molar-refractivity contribution in [2.45, 2.75) is 71.1 Å². The van der Waals surface area contributed by atoms with Gasteiger partial charge in [-0.3, -0.25) is 4.79 Å². The quantitative estimate of drug-likeness (QED) is 0.287. The molecule has 0 radical (unpaired) electrons. The molecule has 1 rings (SSSR count). The lowest BCUT2D eigenvalue weighted by atomic mass is 10.1. The molecule has 0 bridgehead atoms. The van der Waals surface area contributed by atoms with E-state index in [1.54, 1.807) is 0 Å². The highest BCUT2D eigenvalue weighted by Crippen LogP contribution is 2.10. The minimum absolute atomic E-state index is 0. The number of hydrogen-bond acceptors (Lipinski definition) is 1. The van der Waals surface area contributed by atoms with Crippen molar-refractivity contribution in [1.29, 1.82) is 0 Å². The second-order valence-corrected chi connectivity index (χ2v) is 6.19. The van der Waals surface area contributed by atoms with Crippen molar-refractivity contribution in [3.05, 3.63) is 30.1 Å². The Bertz CT molecular complexity index is 406. The highest BCUT2D eigenvalue weighted by molar-refractivity contribution is 14.0. The van der Waals surface area contributed by atoms with Gasteiger partial charge in [0.15, 0.2) is 12.4 Å². The third-order valence-corrected chi connectivity index (χ3v) is 4.06. The minimum atomic E-state index is 0. The standard InChI is InChI=1S/C19H32N2O.HI/c1-3-4-5-6-7-8-9-10-11-12-15-20-19(22)18-13-16-21(2)17-14-18;/h13-14,16-17H,3-12,15H2,1-2H3;1H/p+1. The number of pyridine rings is 1. The Hall–Kier alpha value is -0.650. The molecule has 0 fully saturated rings. The van der Waals surface area contributed by atoms with E-state index < -0.39 is 0 Å². The summed E-state index contributed by atoms with van der Waals surface area (Å²) in [5.41, 5.74) is 0.741. The normalized spacial score (nSPS) is 10.2. The second kappa shape index (κ2) is 14.9. The van der Waals surface area contributed by atoms with Gasteiger partial charge >= 0.3 is 0 Å². The molecule has 0 spiro atoms. The van der Waals surface area contributed by atoms with E-state index in [0.717, 1.165) is 18.5 Å². The zero-order valence-corrected chi connectivity index (χ0v) is 17.2. The van der Waals surface area contributed by atoms with Crippen LogP contribution in [0.3, 0.4) is 0 Å². The van der Waals surface area contributed by atoms with E-state index in [0.29, 0.717) is 0 Å². The van der Waals surface area contributed by atoms with Crippen LogP contribution in [0.15, 0.2) is 24.5 Å². The zero-order chi connectivity index (χ0) is 16.0. The fourth-order valence-electron chi connectivity index (χ4n) is 2.57. The molecule has 132 valence electrons. The van der Waals surface area contributed by atoms with Gasteiger partial charge in [-0.15, -0.1) is 24.0 Å². The Morgan fingerprint density at radius 2 is 1.39 bits per heavy atom. The van der Waals surface area contributed by atoms with Crippen molar-refractivity contribution in [2.24, 2.45) is 7.05 Å². The van der Waals surface area contributed by atoms with Crippen molar-refractivity contribution in [2.75, 3.05) is 6.54 Å². The Balaban J connectivity index is 0.00000484. The summed E-state index contributed by atoms with van der Waals surface area (Å²) in [6, 6.07) is 3.71.